The first-order chi connectivity index (χ1) is 9.43. The minimum atomic E-state index is -0.834. The first-order valence-electron chi connectivity index (χ1n) is 5.78. The van der Waals surface area contributed by atoms with Gasteiger partial charge in [0.05, 0.1) is 12.9 Å². The molecule has 1 N–H and O–H groups in total. The summed E-state index contributed by atoms with van der Waals surface area (Å²) in [6.07, 6.45) is 0. The number of esters is 1. The molecule has 0 radical (unpaired) electrons. The van der Waals surface area contributed by atoms with Crippen molar-refractivity contribution in [1.29, 1.82) is 0 Å². The number of halogens is 2. The predicted molar refractivity (Wildman–Crippen MR) is 82.4 cm³/mol. The normalized spacial score (nSPS) is 12.1. The van der Waals surface area contributed by atoms with Crippen LogP contribution < -0.4 is 5.32 Å². The van der Waals surface area contributed by atoms with E-state index in [1.54, 1.807) is 12.1 Å². The summed E-state index contributed by atoms with van der Waals surface area (Å²) in [6.45, 7) is 1.93. The van der Waals surface area contributed by atoms with Gasteiger partial charge in [0.15, 0.2) is 0 Å². The summed E-state index contributed by atoms with van der Waals surface area (Å²) in [5.41, 5.74) is 1.57. The maximum absolute atomic E-state index is 12.0. The number of amides is 1. The lowest BCUT2D eigenvalue weighted by Crippen LogP contribution is -2.37. The maximum Gasteiger partial charge on any atom is 0.315 e. The van der Waals surface area contributed by atoms with Gasteiger partial charge in [-0.15, -0.1) is 35.0 Å². The molecule has 0 fully saturated rings. The summed E-state index contributed by atoms with van der Waals surface area (Å²) in [6, 6.07) is 7.10. The molecule has 4 nitrogen and oxygen atoms in total. The lowest BCUT2D eigenvalue weighted by Gasteiger charge is -2.18. The summed E-state index contributed by atoms with van der Waals surface area (Å²) in [4.78, 5) is 22.3. The highest BCUT2D eigenvalue weighted by molar-refractivity contribution is 8.00. The second kappa shape index (κ2) is 8.39. The highest BCUT2D eigenvalue weighted by Crippen LogP contribution is 2.20. The number of hydrogen-bond donors (Lipinski definition) is 1. The average molecular weight is 336 g/mol. The van der Waals surface area contributed by atoms with Gasteiger partial charge in [0.1, 0.15) is 10.2 Å². The van der Waals surface area contributed by atoms with Crippen molar-refractivity contribution in [3.05, 3.63) is 35.4 Å². The molecule has 20 heavy (non-hydrogen) atoms. The number of thioether (sulfide) groups is 1. The molecule has 0 saturated heterocycles. The Hall–Kier alpha value is -0.910. The van der Waals surface area contributed by atoms with Gasteiger partial charge in [-0.25, -0.2) is 0 Å². The van der Waals surface area contributed by atoms with E-state index in [4.69, 9.17) is 23.2 Å². The SMILES string of the molecule is COC(=O)CS[C@@H](NC(=O)c1ccc(C)cc1)C(Cl)Cl. The first kappa shape index (κ1) is 17.1. The number of alkyl halides is 2. The first-order valence-corrected chi connectivity index (χ1v) is 7.70. The molecule has 0 aliphatic carbocycles. The minimum Gasteiger partial charge on any atom is -0.468 e. The van der Waals surface area contributed by atoms with Gasteiger partial charge in [0, 0.05) is 5.56 Å². The van der Waals surface area contributed by atoms with Crippen molar-refractivity contribution in [2.75, 3.05) is 12.9 Å². The van der Waals surface area contributed by atoms with Crippen molar-refractivity contribution in [3.63, 3.8) is 0 Å². The third-order valence-electron chi connectivity index (χ3n) is 2.42. The summed E-state index contributed by atoms with van der Waals surface area (Å²) in [5.74, 6) is -0.636. The fourth-order valence-corrected chi connectivity index (χ4v) is 2.64. The van der Waals surface area contributed by atoms with Crippen LogP contribution >= 0.6 is 35.0 Å². The van der Waals surface area contributed by atoms with Gasteiger partial charge in [-0.05, 0) is 19.1 Å². The van der Waals surface area contributed by atoms with Crippen LogP contribution in [0.3, 0.4) is 0 Å². The van der Waals surface area contributed by atoms with Crippen LogP contribution in [0.2, 0.25) is 0 Å². The van der Waals surface area contributed by atoms with Crippen LogP contribution in [-0.2, 0) is 9.53 Å². The molecular weight excluding hydrogens is 321 g/mol. The Morgan fingerprint density at radius 1 is 1.30 bits per heavy atom. The number of carbonyl (C=O) groups excluding carboxylic acids is 2. The van der Waals surface area contributed by atoms with E-state index in [1.807, 2.05) is 19.1 Å². The zero-order valence-electron chi connectivity index (χ0n) is 11.1. The van der Waals surface area contributed by atoms with Crippen LogP contribution in [0.1, 0.15) is 15.9 Å². The van der Waals surface area contributed by atoms with E-state index in [1.165, 1.54) is 7.11 Å². The number of aryl methyl sites for hydroxylation is 1. The van der Waals surface area contributed by atoms with Gasteiger partial charge >= 0.3 is 5.97 Å². The van der Waals surface area contributed by atoms with Crippen molar-refractivity contribution < 1.29 is 14.3 Å². The molecule has 1 rings (SSSR count). The van der Waals surface area contributed by atoms with Crippen LogP contribution in [0.5, 0.6) is 0 Å². The highest BCUT2D eigenvalue weighted by Gasteiger charge is 2.22. The zero-order valence-corrected chi connectivity index (χ0v) is 13.4. The molecule has 0 aliphatic rings. The Morgan fingerprint density at radius 3 is 2.40 bits per heavy atom. The topological polar surface area (TPSA) is 55.4 Å². The molecule has 0 spiro atoms. The van der Waals surface area contributed by atoms with Crippen molar-refractivity contribution in [1.82, 2.24) is 5.32 Å². The molecule has 110 valence electrons. The number of carbonyl (C=O) groups is 2. The molecule has 0 bridgehead atoms. The number of rotatable bonds is 6. The predicted octanol–water partition coefficient (Wildman–Crippen LogP) is 2.76. The summed E-state index contributed by atoms with van der Waals surface area (Å²) >= 11 is 12.7. The standard InChI is InChI=1S/C13H15Cl2NO3S/c1-8-3-5-9(6-4-8)12(18)16-13(11(14)15)20-7-10(17)19-2/h3-6,11,13H,7H2,1-2H3,(H,16,18)/t13-/m1/s1. The van der Waals surface area contributed by atoms with Gasteiger partial charge in [0.25, 0.3) is 5.91 Å². The van der Waals surface area contributed by atoms with E-state index < -0.39 is 16.2 Å². The molecule has 1 aromatic rings. The molecule has 7 heteroatoms. The van der Waals surface area contributed by atoms with Crippen molar-refractivity contribution in [2.45, 2.75) is 17.1 Å². The van der Waals surface area contributed by atoms with Gasteiger partial charge in [-0.1, -0.05) is 17.7 Å². The molecule has 1 amide bonds. The second-order valence-electron chi connectivity index (χ2n) is 3.98. The number of methoxy groups -OCH3 is 1. The third-order valence-corrected chi connectivity index (χ3v) is 4.38. The second-order valence-corrected chi connectivity index (χ2v) is 6.28. The molecule has 0 unspecified atom stereocenters. The Morgan fingerprint density at radius 2 is 1.90 bits per heavy atom. The number of hydrogen-bond acceptors (Lipinski definition) is 4. The van der Waals surface area contributed by atoms with Crippen molar-refractivity contribution in [3.8, 4) is 0 Å². The van der Waals surface area contributed by atoms with Gasteiger partial charge in [-0.3, -0.25) is 9.59 Å². The van der Waals surface area contributed by atoms with E-state index in [-0.39, 0.29) is 11.7 Å². The molecule has 0 aromatic heterocycles. The zero-order chi connectivity index (χ0) is 15.1. The molecular formula is C13H15Cl2NO3S. The smallest absolute Gasteiger partial charge is 0.315 e. The number of ether oxygens (including phenoxy) is 1. The molecule has 0 saturated carbocycles. The molecule has 1 atom stereocenters. The van der Waals surface area contributed by atoms with E-state index in [2.05, 4.69) is 10.1 Å². The van der Waals surface area contributed by atoms with Crippen LogP contribution in [-0.4, -0.2) is 34.9 Å². The fraction of sp³-hybridized carbons (Fsp3) is 0.385. The summed E-state index contributed by atoms with van der Waals surface area (Å²) < 4.78 is 4.52. The molecule has 0 heterocycles. The highest BCUT2D eigenvalue weighted by atomic mass is 35.5. The van der Waals surface area contributed by atoms with E-state index in [9.17, 15) is 9.59 Å². The Bertz CT molecular complexity index is 465. The van der Waals surface area contributed by atoms with Crippen LogP contribution in [0, 0.1) is 6.92 Å². The molecule has 0 aliphatic heterocycles. The van der Waals surface area contributed by atoms with Gasteiger partial charge < -0.3 is 10.1 Å². The largest absolute Gasteiger partial charge is 0.468 e. The van der Waals surface area contributed by atoms with E-state index >= 15 is 0 Å². The summed E-state index contributed by atoms with van der Waals surface area (Å²) in [7, 11) is 1.29. The van der Waals surface area contributed by atoms with Crippen LogP contribution in [0.25, 0.3) is 0 Å². The third kappa shape index (κ3) is 5.61. The Kier molecular flexibility index (Phi) is 7.19. The van der Waals surface area contributed by atoms with Crippen LogP contribution in [0.4, 0.5) is 0 Å². The van der Waals surface area contributed by atoms with E-state index in [0.717, 1.165) is 17.3 Å². The minimum absolute atomic E-state index is 0.0608. The summed E-state index contributed by atoms with van der Waals surface area (Å²) in [5, 5.41) is 2.09. The van der Waals surface area contributed by atoms with Crippen molar-refractivity contribution >= 4 is 46.8 Å². The lowest BCUT2D eigenvalue weighted by molar-refractivity contribution is -0.137. The lowest BCUT2D eigenvalue weighted by atomic mass is 10.1. The van der Waals surface area contributed by atoms with Gasteiger partial charge in [-0.2, -0.15) is 0 Å². The molecule has 1 aromatic carbocycles. The number of nitrogens with one attached hydrogen (secondary N) is 1. The Labute approximate surface area is 132 Å². The number of benzene rings is 1. The van der Waals surface area contributed by atoms with Gasteiger partial charge in [0.2, 0.25) is 0 Å². The Balaban J connectivity index is 2.63. The fourth-order valence-electron chi connectivity index (χ4n) is 1.31. The van der Waals surface area contributed by atoms with Crippen molar-refractivity contribution in [2.24, 2.45) is 0 Å². The maximum atomic E-state index is 12.0. The van der Waals surface area contributed by atoms with Crippen LogP contribution in [0.15, 0.2) is 24.3 Å². The average Bonchev–Trinajstić information content (AvgIpc) is 2.43. The van der Waals surface area contributed by atoms with E-state index in [0.29, 0.717) is 5.56 Å². The monoisotopic (exact) mass is 335 g/mol. The quantitative estimate of drug-likeness (QED) is 0.493.